The minimum absolute atomic E-state index is 0.0559. The van der Waals surface area contributed by atoms with Crippen LogP contribution in [-0.2, 0) is 6.42 Å². The van der Waals surface area contributed by atoms with Crippen LogP contribution < -0.4 is 4.74 Å². The average Bonchev–Trinajstić information content (AvgIpc) is 3.17. The largest absolute Gasteiger partial charge is 0.489 e. The Kier molecular flexibility index (Phi) is 4.62. The highest BCUT2D eigenvalue weighted by Crippen LogP contribution is 2.37. The third-order valence-corrected chi connectivity index (χ3v) is 5.38. The number of nitrogens with zero attached hydrogens (tertiary/aromatic N) is 3. The van der Waals surface area contributed by atoms with Gasteiger partial charge in [0.1, 0.15) is 6.61 Å². The predicted octanol–water partition coefficient (Wildman–Crippen LogP) is 3.89. The zero-order valence-electron chi connectivity index (χ0n) is 15.3. The molecule has 2 heterocycles. The lowest BCUT2D eigenvalue weighted by Gasteiger charge is -2.16. The van der Waals surface area contributed by atoms with Crippen molar-refractivity contribution >= 4 is 17.5 Å². The molecule has 0 aliphatic carbocycles. The average molecular weight is 382 g/mol. The molecule has 27 heavy (non-hydrogen) atoms. The van der Waals surface area contributed by atoms with Crippen molar-refractivity contribution in [2.24, 2.45) is 0 Å². The minimum Gasteiger partial charge on any atom is -0.489 e. The SMILES string of the molecule is Cc1c(Cc2ccc(-n3cccn3)cc2)cc2c(c1Cl)OCCN(C)C2=O. The van der Waals surface area contributed by atoms with Crippen molar-refractivity contribution in [3.05, 3.63) is 76.1 Å². The summed E-state index contributed by atoms with van der Waals surface area (Å²) in [6.07, 6.45) is 4.35. The van der Waals surface area contributed by atoms with Crippen LogP contribution in [0.3, 0.4) is 0 Å². The summed E-state index contributed by atoms with van der Waals surface area (Å²) in [6, 6.07) is 12.0. The molecule has 2 aromatic carbocycles. The topological polar surface area (TPSA) is 47.4 Å². The fourth-order valence-corrected chi connectivity index (χ4v) is 3.54. The molecule has 0 radical (unpaired) electrons. The van der Waals surface area contributed by atoms with Crippen LogP contribution in [0.1, 0.15) is 27.0 Å². The molecule has 0 saturated carbocycles. The molecule has 0 saturated heterocycles. The quantitative estimate of drug-likeness (QED) is 0.691. The number of rotatable bonds is 3. The van der Waals surface area contributed by atoms with E-state index in [1.807, 2.05) is 42.1 Å². The van der Waals surface area contributed by atoms with E-state index in [1.165, 1.54) is 0 Å². The van der Waals surface area contributed by atoms with Crippen LogP contribution >= 0.6 is 11.6 Å². The van der Waals surface area contributed by atoms with E-state index in [9.17, 15) is 4.79 Å². The summed E-state index contributed by atoms with van der Waals surface area (Å²) in [4.78, 5) is 14.3. The summed E-state index contributed by atoms with van der Waals surface area (Å²) in [5.74, 6) is 0.445. The van der Waals surface area contributed by atoms with Gasteiger partial charge in [-0.15, -0.1) is 0 Å². The molecule has 0 atom stereocenters. The van der Waals surface area contributed by atoms with Crippen molar-refractivity contribution < 1.29 is 9.53 Å². The van der Waals surface area contributed by atoms with Crippen molar-refractivity contribution in [3.63, 3.8) is 0 Å². The van der Waals surface area contributed by atoms with Crippen LogP contribution in [0.5, 0.6) is 5.75 Å². The van der Waals surface area contributed by atoms with E-state index >= 15 is 0 Å². The zero-order chi connectivity index (χ0) is 19.0. The summed E-state index contributed by atoms with van der Waals surface area (Å²) >= 11 is 6.55. The van der Waals surface area contributed by atoms with E-state index in [2.05, 4.69) is 17.2 Å². The maximum atomic E-state index is 12.7. The summed E-state index contributed by atoms with van der Waals surface area (Å²) in [5, 5.41) is 4.77. The Labute approximate surface area is 163 Å². The number of likely N-dealkylation sites (N-methyl/N-ethyl adjacent to an activating group) is 1. The van der Waals surface area contributed by atoms with Crippen molar-refractivity contribution in [3.8, 4) is 11.4 Å². The fraction of sp³-hybridized carbons (Fsp3) is 0.238. The summed E-state index contributed by atoms with van der Waals surface area (Å²) in [5.41, 5.74) is 4.65. The second kappa shape index (κ2) is 7.08. The monoisotopic (exact) mass is 381 g/mol. The highest BCUT2D eigenvalue weighted by Gasteiger charge is 2.25. The first-order valence-corrected chi connectivity index (χ1v) is 9.21. The van der Waals surface area contributed by atoms with E-state index in [4.69, 9.17) is 16.3 Å². The molecule has 0 fully saturated rings. The molecular formula is C21H20ClN3O2. The van der Waals surface area contributed by atoms with Gasteiger partial charge < -0.3 is 9.64 Å². The smallest absolute Gasteiger partial charge is 0.257 e. The third kappa shape index (κ3) is 3.30. The van der Waals surface area contributed by atoms with Gasteiger partial charge in [-0.1, -0.05) is 23.7 Å². The van der Waals surface area contributed by atoms with Crippen molar-refractivity contribution in [2.75, 3.05) is 20.2 Å². The molecule has 0 unspecified atom stereocenters. The molecule has 5 nitrogen and oxygen atoms in total. The molecule has 0 bridgehead atoms. The molecule has 0 spiro atoms. The van der Waals surface area contributed by atoms with E-state index in [0.717, 1.165) is 22.4 Å². The Balaban J connectivity index is 1.67. The van der Waals surface area contributed by atoms with Crippen LogP contribution in [-0.4, -0.2) is 40.8 Å². The number of ether oxygens (including phenoxy) is 1. The lowest BCUT2D eigenvalue weighted by atomic mass is 9.97. The second-order valence-corrected chi connectivity index (χ2v) is 7.10. The first-order valence-electron chi connectivity index (χ1n) is 8.84. The van der Waals surface area contributed by atoms with Crippen molar-refractivity contribution in [1.82, 2.24) is 14.7 Å². The Morgan fingerprint density at radius 1 is 1.26 bits per heavy atom. The maximum Gasteiger partial charge on any atom is 0.257 e. The zero-order valence-corrected chi connectivity index (χ0v) is 16.0. The highest BCUT2D eigenvalue weighted by molar-refractivity contribution is 6.33. The lowest BCUT2D eigenvalue weighted by molar-refractivity contribution is 0.0796. The molecule has 1 aliphatic rings. The van der Waals surface area contributed by atoms with Crippen LogP contribution in [0.2, 0.25) is 5.02 Å². The molecule has 1 aliphatic heterocycles. The molecule has 6 heteroatoms. The molecule has 4 rings (SSSR count). The van der Waals surface area contributed by atoms with Gasteiger partial charge in [0.25, 0.3) is 5.91 Å². The number of fused-ring (bicyclic) bond motifs is 1. The van der Waals surface area contributed by atoms with E-state index < -0.39 is 0 Å². The van der Waals surface area contributed by atoms with Gasteiger partial charge in [-0.2, -0.15) is 5.10 Å². The maximum absolute atomic E-state index is 12.7. The molecular weight excluding hydrogens is 362 g/mol. The highest BCUT2D eigenvalue weighted by atomic mass is 35.5. The number of benzene rings is 2. The number of carbonyl (C=O) groups is 1. The first-order chi connectivity index (χ1) is 13.0. The summed E-state index contributed by atoms with van der Waals surface area (Å²) in [7, 11) is 1.78. The number of amides is 1. The van der Waals surface area contributed by atoms with Crippen LogP contribution in [0.25, 0.3) is 5.69 Å². The minimum atomic E-state index is -0.0559. The number of carbonyl (C=O) groups excluding carboxylic acids is 1. The number of halogens is 1. The molecule has 1 amide bonds. The number of hydrogen-bond acceptors (Lipinski definition) is 3. The summed E-state index contributed by atoms with van der Waals surface area (Å²) < 4.78 is 7.58. The molecule has 0 N–H and O–H groups in total. The van der Waals surface area contributed by atoms with Gasteiger partial charge >= 0.3 is 0 Å². The Morgan fingerprint density at radius 3 is 2.74 bits per heavy atom. The van der Waals surface area contributed by atoms with Gasteiger partial charge in [0.2, 0.25) is 0 Å². The van der Waals surface area contributed by atoms with Crippen LogP contribution in [0.15, 0.2) is 48.8 Å². The first kappa shape index (κ1) is 17.6. The predicted molar refractivity (Wildman–Crippen MR) is 105 cm³/mol. The normalized spacial score (nSPS) is 13.9. The van der Waals surface area contributed by atoms with Gasteiger partial charge in [0.05, 0.1) is 22.8 Å². The molecule has 138 valence electrons. The number of hydrogen-bond donors (Lipinski definition) is 0. The van der Waals surface area contributed by atoms with Gasteiger partial charge in [0, 0.05) is 19.4 Å². The van der Waals surface area contributed by atoms with Gasteiger partial charge in [-0.05, 0) is 54.3 Å². The van der Waals surface area contributed by atoms with Crippen LogP contribution in [0, 0.1) is 6.92 Å². The van der Waals surface area contributed by atoms with Crippen molar-refractivity contribution in [2.45, 2.75) is 13.3 Å². The van der Waals surface area contributed by atoms with Gasteiger partial charge in [0.15, 0.2) is 5.75 Å². The lowest BCUT2D eigenvalue weighted by Crippen LogP contribution is -2.27. The standard InChI is InChI=1S/C21H20ClN3O2/c1-14-16(12-15-4-6-17(7-5-15)25-9-3-8-23-25)13-18-20(19(14)22)27-11-10-24(2)21(18)26/h3-9,13H,10-12H2,1-2H3. The Bertz CT molecular complexity index is 982. The molecule has 1 aromatic heterocycles. The van der Waals surface area contributed by atoms with Gasteiger partial charge in [-0.3, -0.25) is 4.79 Å². The molecule has 3 aromatic rings. The summed E-state index contributed by atoms with van der Waals surface area (Å²) in [6.45, 7) is 2.97. The van der Waals surface area contributed by atoms with E-state index in [-0.39, 0.29) is 5.91 Å². The Morgan fingerprint density at radius 2 is 2.04 bits per heavy atom. The second-order valence-electron chi connectivity index (χ2n) is 6.72. The third-order valence-electron chi connectivity index (χ3n) is 4.92. The fourth-order valence-electron chi connectivity index (χ4n) is 3.26. The van der Waals surface area contributed by atoms with Gasteiger partial charge in [-0.25, -0.2) is 4.68 Å². The Hall–Kier alpha value is -2.79. The van der Waals surface area contributed by atoms with E-state index in [0.29, 0.717) is 35.9 Å². The van der Waals surface area contributed by atoms with Crippen LogP contribution in [0.4, 0.5) is 0 Å². The van der Waals surface area contributed by atoms with E-state index in [1.54, 1.807) is 18.1 Å². The van der Waals surface area contributed by atoms with Crippen molar-refractivity contribution in [1.29, 1.82) is 0 Å². The number of aromatic nitrogens is 2.